The molecule has 1 aliphatic heterocycles. The topological polar surface area (TPSA) is 63.0 Å². The quantitative estimate of drug-likeness (QED) is 0.572. The van der Waals surface area contributed by atoms with Gasteiger partial charge < -0.3 is 24.0 Å². The number of β-amino-alcohol motifs (C(OH)–C–C–N with tert-alkyl or cyclic N) is 1. The molecule has 0 saturated carbocycles. The summed E-state index contributed by atoms with van der Waals surface area (Å²) in [6, 6.07) is 6.02. The first kappa shape index (κ1) is 24.6. The fraction of sp³-hybridized carbons (Fsp3) is 0.640. The Morgan fingerprint density at radius 1 is 1.09 bits per heavy atom. The van der Waals surface area contributed by atoms with E-state index in [2.05, 4.69) is 39.4 Å². The number of aryl methyl sites for hydroxylation is 1. The minimum atomic E-state index is -0.507. The van der Waals surface area contributed by atoms with Gasteiger partial charge in [0.1, 0.15) is 18.5 Å². The van der Waals surface area contributed by atoms with E-state index in [0.717, 1.165) is 44.1 Å². The number of likely N-dealkylation sites (tertiary alicyclic amines) is 1. The van der Waals surface area contributed by atoms with Gasteiger partial charge in [0.05, 0.1) is 13.7 Å². The number of aliphatic hydroxyl groups excluding tert-OH is 1. The molecule has 0 aliphatic carbocycles. The molecule has 7 heteroatoms. The number of ether oxygens (including phenoxy) is 2. The number of benzene rings is 1. The molecular formula is C25H40N4O3. The third-order valence-corrected chi connectivity index (χ3v) is 6.08. The Balaban J connectivity index is 1.50. The summed E-state index contributed by atoms with van der Waals surface area (Å²) >= 11 is 0. The van der Waals surface area contributed by atoms with Gasteiger partial charge in [-0.1, -0.05) is 25.3 Å². The second-order valence-electron chi connectivity index (χ2n) is 8.82. The van der Waals surface area contributed by atoms with Crippen LogP contribution in [0, 0.1) is 0 Å². The van der Waals surface area contributed by atoms with Gasteiger partial charge in [-0.15, -0.1) is 0 Å². The molecule has 2 aromatic rings. The van der Waals surface area contributed by atoms with Crippen LogP contribution in [0.5, 0.6) is 11.5 Å². The summed E-state index contributed by atoms with van der Waals surface area (Å²) in [6.45, 7) is 7.69. The Bertz CT molecular complexity index is 802. The van der Waals surface area contributed by atoms with Gasteiger partial charge in [0, 0.05) is 32.0 Å². The fourth-order valence-electron chi connectivity index (χ4n) is 4.35. The largest absolute Gasteiger partial charge is 0.493 e. The SMILES string of the molecule is CCn1ccnc1CN(C)Cc1ccc(OCC(O)CN2CCCCCCC2)c(OC)c1. The monoisotopic (exact) mass is 444 g/mol. The molecular weight excluding hydrogens is 404 g/mol. The van der Waals surface area contributed by atoms with Gasteiger partial charge >= 0.3 is 0 Å². The number of methoxy groups -OCH3 is 1. The van der Waals surface area contributed by atoms with E-state index in [1.54, 1.807) is 7.11 Å². The summed E-state index contributed by atoms with van der Waals surface area (Å²) in [4.78, 5) is 9.06. The molecule has 178 valence electrons. The van der Waals surface area contributed by atoms with Crippen LogP contribution in [0.15, 0.2) is 30.6 Å². The lowest BCUT2D eigenvalue weighted by molar-refractivity contribution is 0.0645. The fourth-order valence-corrected chi connectivity index (χ4v) is 4.35. The maximum Gasteiger partial charge on any atom is 0.161 e. The van der Waals surface area contributed by atoms with Gasteiger partial charge in [0.15, 0.2) is 11.5 Å². The number of aromatic nitrogens is 2. The van der Waals surface area contributed by atoms with Crippen LogP contribution in [0.2, 0.25) is 0 Å². The summed E-state index contributed by atoms with van der Waals surface area (Å²) in [7, 11) is 3.75. The lowest BCUT2D eigenvalue weighted by Gasteiger charge is -2.26. The van der Waals surface area contributed by atoms with Crippen molar-refractivity contribution in [2.75, 3.05) is 40.4 Å². The molecule has 0 bridgehead atoms. The third-order valence-electron chi connectivity index (χ3n) is 6.08. The molecule has 0 spiro atoms. The molecule has 7 nitrogen and oxygen atoms in total. The minimum Gasteiger partial charge on any atom is -0.493 e. The molecule has 2 heterocycles. The molecule has 1 unspecified atom stereocenters. The second-order valence-corrected chi connectivity index (χ2v) is 8.82. The van der Waals surface area contributed by atoms with Gasteiger partial charge in [-0.2, -0.15) is 0 Å². The Morgan fingerprint density at radius 2 is 1.84 bits per heavy atom. The molecule has 1 saturated heterocycles. The van der Waals surface area contributed by atoms with E-state index in [1.807, 2.05) is 24.5 Å². The Hall–Kier alpha value is -2.09. The number of nitrogens with zero attached hydrogens (tertiary/aromatic N) is 4. The summed E-state index contributed by atoms with van der Waals surface area (Å²) in [6.07, 6.45) is 9.73. The van der Waals surface area contributed by atoms with E-state index >= 15 is 0 Å². The molecule has 1 atom stereocenters. The molecule has 1 aromatic heterocycles. The van der Waals surface area contributed by atoms with Crippen molar-refractivity contribution in [1.82, 2.24) is 19.4 Å². The normalized spacial score (nSPS) is 16.5. The van der Waals surface area contributed by atoms with Crippen molar-refractivity contribution in [2.24, 2.45) is 0 Å². The van der Waals surface area contributed by atoms with E-state index in [-0.39, 0.29) is 6.61 Å². The van der Waals surface area contributed by atoms with Gasteiger partial charge in [0.25, 0.3) is 0 Å². The first-order valence-electron chi connectivity index (χ1n) is 12.0. The zero-order chi connectivity index (χ0) is 22.8. The zero-order valence-corrected chi connectivity index (χ0v) is 20.0. The van der Waals surface area contributed by atoms with Crippen molar-refractivity contribution < 1.29 is 14.6 Å². The lowest BCUT2D eigenvalue weighted by atomic mass is 10.1. The smallest absolute Gasteiger partial charge is 0.161 e. The second kappa shape index (κ2) is 12.8. The van der Waals surface area contributed by atoms with Crippen LogP contribution >= 0.6 is 0 Å². The van der Waals surface area contributed by atoms with Crippen LogP contribution in [0.1, 0.15) is 50.4 Å². The van der Waals surface area contributed by atoms with Gasteiger partial charge in [0.2, 0.25) is 0 Å². The first-order chi connectivity index (χ1) is 15.6. The van der Waals surface area contributed by atoms with Crippen molar-refractivity contribution >= 4 is 0 Å². The van der Waals surface area contributed by atoms with Crippen LogP contribution in [-0.4, -0.2) is 71.0 Å². The summed E-state index contributed by atoms with van der Waals surface area (Å²) in [5.41, 5.74) is 1.15. The third kappa shape index (κ3) is 7.50. The zero-order valence-electron chi connectivity index (χ0n) is 20.0. The molecule has 32 heavy (non-hydrogen) atoms. The lowest BCUT2D eigenvalue weighted by Crippen LogP contribution is -2.37. The highest BCUT2D eigenvalue weighted by atomic mass is 16.5. The van der Waals surface area contributed by atoms with E-state index in [9.17, 15) is 5.11 Å². The van der Waals surface area contributed by atoms with Crippen LogP contribution in [-0.2, 0) is 19.6 Å². The molecule has 1 aromatic carbocycles. The first-order valence-corrected chi connectivity index (χ1v) is 12.0. The van der Waals surface area contributed by atoms with E-state index in [1.165, 1.54) is 32.1 Å². The summed E-state index contributed by atoms with van der Waals surface area (Å²) in [5, 5.41) is 10.5. The Kier molecular flexibility index (Phi) is 9.84. The van der Waals surface area contributed by atoms with Crippen LogP contribution in [0.25, 0.3) is 0 Å². The van der Waals surface area contributed by atoms with E-state index < -0.39 is 6.10 Å². The minimum absolute atomic E-state index is 0.270. The van der Waals surface area contributed by atoms with Crippen molar-refractivity contribution in [3.63, 3.8) is 0 Å². The van der Waals surface area contributed by atoms with Crippen molar-refractivity contribution in [3.05, 3.63) is 42.0 Å². The molecule has 1 N–H and O–H groups in total. The van der Waals surface area contributed by atoms with Crippen LogP contribution in [0.3, 0.4) is 0 Å². The highest BCUT2D eigenvalue weighted by Crippen LogP contribution is 2.29. The van der Waals surface area contributed by atoms with Crippen LogP contribution in [0.4, 0.5) is 0 Å². The highest BCUT2D eigenvalue weighted by molar-refractivity contribution is 5.43. The molecule has 0 radical (unpaired) electrons. The highest BCUT2D eigenvalue weighted by Gasteiger charge is 2.15. The molecule has 3 rings (SSSR count). The number of rotatable bonds is 11. The number of hydrogen-bond donors (Lipinski definition) is 1. The van der Waals surface area contributed by atoms with Gasteiger partial charge in [-0.05, 0) is 57.6 Å². The number of hydrogen-bond acceptors (Lipinski definition) is 6. The summed E-state index contributed by atoms with van der Waals surface area (Å²) in [5.74, 6) is 2.44. The average molecular weight is 445 g/mol. The van der Waals surface area contributed by atoms with E-state index in [4.69, 9.17) is 9.47 Å². The van der Waals surface area contributed by atoms with Gasteiger partial charge in [-0.3, -0.25) is 4.90 Å². The van der Waals surface area contributed by atoms with Crippen molar-refractivity contribution in [2.45, 2.75) is 64.8 Å². The van der Waals surface area contributed by atoms with E-state index in [0.29, 0.717) is 18.0 Å². The molecule has 1 fully saturated rings. The summed E-state index contributed by atoms with van der Waals surface area (Å²) < 4.78 is 13.7. The Morgan fingerprint density at radius 3 is 2.56 bits per heavy atom. The van der Waals surface area contributed by atoms with Crippen molar-refractivity contribution in [3.8, 4) is 11.5 Å². The predicted octanol–water partition coefficient (Wildman–Crippen LogP) is 3.55. The average Bonchev–Trinajstić information content (AvgIpc) is 3.21. The standard InChI is InChI=1S/C25H40N4O3/c1-4-29-15-12-26-25(29)19-27(2)17-21-10-11-23(24(16-21)31-3)32-20-22(30)18-28-13-8-6-5-7-9-14-28/h10-12,15-16,22,30H,4-9,13-14,17-20H2,1-3H3. The number of imidazole rings is 1. The predicted molar refractivity (Wildman–Crippen MR) is 127 cm³/mol. The maximum absolute atomic E-state index is 10.5. The molecule has 1 aliphatic rings. The number of aliphatic hydroxyl groups is 1. The Labute approximate surface area is 193 Å². The van der Waals surface area contributed by atoms with Gasteiger partial charge in [-0.25, -0.2) is 4.98 Å². The van der Waals surface area contributed by atoms with Crippen LogP contribution < -0.4 is 9.47 Å². The van der Waals surface area contributed by atoms with Crippen molar-refractivity contribution in [1.29, 1.82) is 0 Å². The molecule has 0 amide bonds. The maximum atomic E-state index is 10.5.